The molecule has 0 aromatic carbocycles. The molecule has 4 nitrogen and oxygen atoms in total. The number of hydrogen-bond donors (Lipinski definition) is 1. The molecule has 1 aliphatic carbocycles. The molecule has 1 saturated carbocycles. The number of piperidine rings is 1. The Balaban J connectivity index is 2.13. The van der Waals surface area contributed by atoms with Crippen LogP contribution in [0.1, 0.15) is 65.2 Å². The van der Waals surface area contributed by atoms with Crippen LogP contribution >= 0.6 is 0 Å². The molecule has 1 atom stereocenters. The second-order valence-electron chi connectivity index (χ2n) is 6.93. The molecule has 2 fully saturated rings. The predicted molar refractivity (Wildman–Crippen MR) is 77.4 cm³/mol. The summed E-state index contributed by atoms with van der Waals surface area (Å²) in [7, 11) is 0. The number of likely N-dealkylation sites (tertiary alicyclic amines) is 1. The van der Waals surface area contributed by atoms with Crippen LogP contribution in [0.2, 0.25) is 0 Å². The first kappa shape index (κ1) is 15.3. The second-order valence-corrected chi connectivity index (χ2v) is 6.93. The summed E-state index contributed by atoms with van der Waals surface area (Å²) < 4.78 is 0. The Morgan fingerprint density at radius 3 is 2.35 bits per heavy atom. The van der Waals surface area contributed by atoms with Gasteiger partial charge >= 0.3 is 5.97 Å². The monoisotopic (exact) mass is 281 g/mol. The topological polar surface area (TPSA) is 57.6 Å². The van der Waals surface area contributed by atoms with E-state index in [1.807, 2.05) is 11.8 Å². The molecule has 1 amide bonds. The van der Waals surface area contributed by atoms with Gasteiger partial charge in [-0.2, -0.15) is 0 Å². The molecule has 0 aromatic heterocycles. The maximum absolute atomic E-state index is 12.8. The number of amides is 1. The van der Waals surface area contributed by atoms with Crippen LogP contribution < -0.4 is 0 Å². The summed E-state index contributed by atoms with van der Waals surface area (Å²) in [6.45, 7) is 5.21. The Bertz CT molecular complexity index is 383. The van der Waals surface area contributed by atoms with Gasteiger partial charge in [-0.25, -0.2) is 0 Å². The highest BCUT2D eigenvalue weighted by Crippen LogP contribution is 2.42. The molecule has 0 aromatic rings. The average Bonchev–Trinajstić information content (AvgIpc) is 2.86. The fraction of sp³-hybridized carbons (Fsp3) is 0.875. The van der Waals surface area contributed by atoms with Crippen molar-refractivity contribution in [3.8, 4) is 0 Å². The molecule has 2 rings (SSSR count). The smallest absolute Gasteiger partial charge is 0.311 e. The lowest BCUT2D eigenvalue weighted by Gasteiger charge is -2.42. The maximum Gasteiger partial charge on any atom is 0.311 e. The zero-order valence-electron chi connectivity index (χ0n) is 12.8. The first-order valence-electron chi connectivity index (χ1n) is 7.96. The summed E-state index contributed by atoms with van der Waals surface area (Å²) in [5.74, 6) is -0.537. The lowest BCUT2D eigenvalue weighted by Crippen LogP contribution is -2.53. The molecule has 0 spiro atoms. The summed E-state index contributed by atoms with van der Waals surface area (Å²) in [6, 6.07) is 0. The number of carbonyl (C=O) groups is 2. The van der Waals surface area contributed by atoms with Crippen molar-refractivity contribution in [2.45, 2.75) is 65.2 Å². The number of carboxylic acid groups (broad SMARTS) is 1. The van der Waals surface area contributed by atoms with Gasteiger partial charge in [-0.3, -0.25) is 9.59 Å². The van der Waals surface area contributed by atoms with E-state index in [1.54, 1.807) is 0 Å². The van der Waals surface area contributed by atoms with Crippen LogP contribution in [0.3, 0.4) is 0 Å². The minimum Gasteiger partial charge on any atom is -0.481 e. The molecule has 0 bridgehead atoms. The van der Waals surface area contributed by atoms with Gasteiger partial charge in [-0.15, -0.1) is 0 Å². The third-order valence-corrected chi connectivity index (χ3v) is 5.27. The number of aliphatic carboxylic acids is 1. The van der Waals surface area contributed by atoms with Crippen LogP contribution in [0.15, 0.2) is 0 Å². The first-order valence-corrected chi connectivity index (χ1v) is 7.96. The predicted octanol–water partition coefficient (Wildman–Crippen LogP) is 3.06. The summed E-state index contributed by atoms with van der Waals surface area (Å²) in [4.78, 5) is 26.3. The molecule has 1 aliphatic heterocycles. The summed E-state index contributed by atoms with van der Waals surface area (Å²) >= 11 is 0. The quantitative estimate of drug-likeness (QED) is 0.861. The third-order valence-electron chi connectivity index (χ3n) is 5.27. The van der Waals surface area contributed by atoms with Gasteiger partial charge in [-0.1, -0.05) is 33.1 Å². The van der Waals surface area contributed by atoms with Crippen LogP contribution in [-0.4, -0.2) is 35.0 Å². The van der Waals surface area contributed by atoms with E-state index in [2.05, 4.69) is 6.92 Å². The SMILES string of the molecule is CCCC1(C(=O)O)CCCN(C(=O)C2(C)CCCC2)C1. The van der Waals surface area contributed by atoms with Gasteiger partial charge in [0.05, 0.1) is 5.41 Å². The van der Waals surface area contributed by atoms with Crippen LogP contribution in [0, 0.1) is 10.8 Å². The summed E-state index contributed by atoms with van der Waals surface area (Å²) in [6.07, 6.45) is 7.19. The van der Waals surface area contributed by atoms with E-state index in [0.29, 0.717) is 19.4 Å². The van der Waals surface area contributed by atoms with E-state index in [9.17, 15) is 14.7 Å². The lowest BCUT2D eigenvalue weighted by molar-refractivity contribution is -0.158. The van der Waals surface area contributed by atoms with Gasteiger partial charge in [0.2, 0.25) is 5.91 Å². The Kier molecular flexibility index (Phi) is 4.40. The molecule has 0 radical (unpaired) electrons. The third kappa shape index (κ3) is 2.70. The fourth-order valence-corrected chi connectivity index (χ4v) is 4.02. The van der Waals surface area contributed by atoms with Crippen molar-refractivity contribution in [1.29, 1.82) is 0 Å². The molecule has 1 saturated heterocycles. The molecular weight excluding hydrogens is 254 g/mol. The van der Waals surface area contributed by atoms with E-state index in [4.69, 9.17) is 0 Å². The van der Waals surface area contributed by atoms with Crippen LogP contribution in [0.5, 0.6) is 0 Å². The van der Waals surface area contributed by atoms with Gasteiger partial charge in [0.15, 0.2) is 0 Å². The van der Waals surface area contributed by atoms with Crippen LogP contribution in [-0.2, 0) is 9.59 Å². The van der Waals surface area contributed by atoms with E-state index in [1.165, 1.54) is 0 Å². The largest absolute Gasteiger partial charge is 0.481 e. The van der Waals surface area contributed by atoms with Crippen LogP contribution in [0.4, 0.5) is 0 Å². The highest BCUT2D eigenvalue weighted by atomic mass is 16.4. The zero-order valence-corrected chi connectivity index (χ0v) is 12.8. The normalized spacial score (nSPS) is 29.4. The molecule has 114 valence electrons. The molecule has 2 aliphatic rings. The van der Waals surface area contributed by atoms with E-state index < -0.39 is 11.4 Å². The number of carboxylic acids is 1. The van der Waals surface area contributed by atoms with Crippen molar-refractivity contribution in [3.05, 3.63) is 0 Å². The van der Waals surface area contributed by atoms with E-state index in [0.717, 1.165) is 45.1 Å². The summed E-state index contributed by atoms with van der Waals surface area (Å²) in [5.41, 5.74) is -0.953. The van der Waals surface area contributed by atoms with Crippen molar-refractivity contribution in [2.24, 2.45) is 10.8 Å². The molecular formula is C16H27NO3. The Hall–Kier alpha value is -1.06. The summed E-state index contributed by atoms with van der Waals surface area (Å²) in [5, 5.41) is 9.61. The molecule has 4 heteroatoms. The molecule has 1 heterocycles. The lowest BCUT2D eigenvalue weighted by atomic mass is 9.75. The second kappa shape index (κ2) is 5.74. The van der Waals surface area contributed by atoms with Gasteiger partial charge in [0.25, 0.3) is 0 Å². The number of carbonyl (C=O) groups excluding carboxylic acids is 1. The van der Waals surface area contributed by atoms with Gasteiger partial charge in [0, 0.05) is 18.5 Å². The van der Waals surface area contributed by atoms with Crippen molar-refractivity contribution in [3.63, 3.8) is 0 Å². The maximum atomic E-state index is 12.8. The van der Waals surface area contributed by atoms with Gasteiger partial charge < -0.3 is 10.0 Å². The molecule has 20 heavy (non-hydrogen) atoms. The highest BCUT2D eigenvalue weighted by molar-refractivity contribution is 5.84. The Morgan fingerprint density at radius 1 is 1.15 bits per heavy atom. The highest BCUT2D eigenvalue weighted by Gasteiger charge is 2.46. The standard InChI is InChI=1S/C16H27NO3/c1-3-7-16(14(19)20)10-6-11-17(12-16)13(18)15(2)8-4-5-9-15/h3-12H2,1-2H3,(H,19,20). The number of hydrogen-bond acceptors (Lipinski definition) is 2. The van der Waals surface area contributed by atoms with E-state index in [-0.39, 0.29) is 11.3 Å². The first-order chi connectivity index (χ1) is 9.43. The van der Waals surface area contributed by atoms with Crippen molar-refractivity contribution < 1.29 is 14.7 Å². The van der Waals surface area contributed by atoms with Crippen LogP contribution in [0.25, 0.3) is 0 Å². The van der Waals surface area contributed by atoms with Crippen molar-refractivity contribution in [1.82, 2.24) is 4.90 Å². The molecule has 1 N–H and O–H groups in total. The van der Waals surface area contributed by atoms with Crippen molar-refractivity contribution >= 4 is 11.9 Å². The fourth-order valence-electron chi connectivity index (χ4n) is 4.02. The zero-order chi connectivity index (χ0) is 14.8. The number of rotatable bonds is 4. The Morgan fingerprint density at radius 2 is 1.80 bits per heavy atom. The minimum absolute atomic E-state index is 0.191. The van der Waals surface area contributed by atoms with Gasteiger partial charge in [-0.05, 0) is 32.1 Å². The Labute approximate surface area is 121 Å². The van der Waals surface area contributed by atoms with Crippen molar-refractivity contribution in [2.75, 3.05) is 13.1 Å². The minimum atomic E-state index is -0.728. The van der Waals surface area contributed by atoms with Gasteiger partial charge in [0.1, 0.15) is 0 Å². The van der Waals surface area contributed by atoms with E-state index >= 15 is 0 Å². The average molecular weight is 281 g/mol. The molecule has 1 unspecified atom stereocenters. The number of nitrogens with zero attached hydrogens (tertiary/aromatic N) is 1.